The summed E-state index contributed by atoms with van der Waals surface area (Å²) in [5.41, 5.74) is 3.94. The summed E-state index contributed by atoms with van der Waals surface area (Å²) >= 11 is 3.41. The Hall–Kier alpha value is -2.87. The number of carbonyl (C=O) groups excluding carboxylic acids is 2. The standard InChI is InChI=1S/C22H26BrN3O4/c1-4-15(3)25-21(27)22(28)26-24-13-17-8-11-19(20(12-17)29-5-2)30-14-16-6-9-18(23)10-7-16/h6-13,15H,4-5,14H2,1-3H3,(H,25,27)(H,26,28)/b24-13-/t15-/m0/s1. The second-order valence-corrected chi connectivity index (χ2v) is 7.45. The van der Waals surface area contributed by atoms with Crippen molar-refractivity contribution in [3.8, 4) is 11.5 Å². The molecule has 0 aromatic heterocycles. The van der Waals surface area contributed by atoms with Crippen LogP contribution in [0.3, 0.4) is 0 Å². The molecule has 7 nitrogen and oxygen atoms in total. The number of amides is 2. The van der Waals surface area contributed by atoms with Crippen LogP contribution < -0.4 is 20.2 Å². The quantitative estimate of drug-likeness (QED) is 0.328. The van der Waals surface area contributed by atoms with Gasteiger partial charge in [-0.2, -0.15) is 5.10 Å². The molecule has 0 unspecified atom stereocenters. The van der Waals surface area contributed by atoms with E-state index in [0.29, 0.717) is 30.3 Å². The van der Waals surface area contributed by atoms with E-state index < -0.39 is 11.8 Å². The maximum atomic E-state index is 11.8. The number of hydrazone groups is 1. The highest BCUT2D eigenvalue weighted by Crippen LogP contribution is 2.29. The molecule has 0 spiro atoms. The highest BCUT2D eigenvalue weighted by Gasteiger charge is 2.14. The molecule has 0 saturated carbocycles. The molecule has 8 heteroatoms. The predicted octanol–water partition coefficient (Wildman–Crippen LogP) is 3.79. The fourth-order valence-electron chi connectivity index (χ4n) is 2.34. The van der Waals surface area contributed by atoms with E-state index in [0.717, 1.165) is 16.5 Å². The summed E-state index contributed by atoms with van der Waals surface area (Å²) in [7, 11) is 0. The average Bonchev–Trinajstić information content (AvgIpc) is 2.74. The molecule has 1 atom stereocenters. The molecule has 0 aliphatic heterocycles. The predicted molar refractivity (Wildman–Crippen MR) is 120 cm³/mol. The van der Waals surface area contributed by atoms with E-state index in [1.54, 1.807) is 18.2 Å². The molecule has 30 heavy (non-hydrogen) atoms. The van der Waals surface area contributed by atoms with Gasteiger partial charge >= 0.3 is 11.8 Å². The van der Waals surface area contributed by atoms with E-state index in [9.17, 15) is 9.59 Å². The lowest BCUT2D eigenvalue weighted by atomic mass is 10.2. The Labute approximate surface area is 185 Å². The van der Waals surface area contributed by atoms with E-state index in [1.165, 1.54) is 6.21 Å². The second-order valence-electron chi connectivity index (χ2n) is 6.54. The van der Waals surface area contributed by atoms with Crippen molar-refractivity contribution in [3.63, 3.8) is 0 Å². The van der Waals surface area contributed by atoms with Crippen LogP contribution in [0.15, 0.2) is 52.0 Å². The van der Waals surface area contributed by atoms with Gasteiger partial charge in [0.1, 0.15) is 6.61 Å². The highest BCUT2D eigenvalue weighted by molar-refractivity contribution is 9.10. The average molecular weight is 476 g/mol. The van der Waals surface area contributed by atoms with Gasteiger partial charge in [-0.05, 0) is 61.7 Å². The molecule has 0 bridgehead atoms. The van der Waals surface area contributed by atoms with Gasteiger partial charge < -0.3 is 14.8 Å². The van der Waals surface area contributed by atoms with Gasteiger partial charge in [-0.15, -0.1) is 0 Å². The Morgan fingerprint density at radius 3 is 2.47 bits per heavy atom. The molecule has 0 heterocycles. The van der Waals surface area contributed by atoms with Gasteiger partial charge in [0.05, 0.1) is 12.8 Å². The summed E-state index contributed by atoms with van der Waals surface area (Å²) in [6.45, 7) is 6.51. The molecule has 0 fully saturated rings. The molecule has 160 valence electrons. The minimum Gasteiger partial charge on any atom is -0.490 e. The largest absolute Gasteiger partial charge is 0.490 e. The van der Waals surface area contributed by atoms with Crippen LogP contribution in [0.4, 0.5) is 0 Å². The third kappa shape index (κ3) is 7.51. The summed E-state index contributed by atoms with van der Waals surface area (Å²) in [5, 5.41) is 6.42. The number of rotatable bonds is 9. The van der Waals surface area contributed by atoms with Crippen LogP contribution in [0, 0.1) is 0 Å². The molecule has 0 saturated heterocycles. The Bertz CT molecular complexity index is 884. The first-order valence-corrected chi connectivity index (χ1v) is 10.5. The fourth-order valence-corrected chi connectivity index (χ4v) is 2.61. The van der Waals surface area contributed by atoms with Crippen molar-refractivity contribution in [2.45, 2.75) is 39.8 Å². The van der Waals surface area contributed by atoms with Gasteiger partial charge in [-0.25, -0.2) is 5.43 Å². The molecule has 2 aromatic rings. The Kier molecular flexibility index (Phi) is 9.34. The van der Waals surface area contributed by atoms with E-state index in [4.69, 9.17) is 9.47 Å². The Balaban J connectivity index is 1.99. The normalized spacial score (nSPS) is 11.7. The lowest BCUT2D eigenvalue weighted by molar-refractivity contribution is -0.139. The van der Waals surface area contributed by atoms with Crippen LogP contribution in [0.25, 0.3) is 0 Å². The molecule has 2 amide bonds. The van der Waals surface area contributed by atoms with Crippen LogP contribution in [0.1, 0.15) is 38.3 Å². The van der Waals surface area contributed by atoms with E-state index >= 15 is 0 Å². The van der Waals surface area contributed by atoms with Crippen molar-refractivity contribution in [1.82, 2.24) is 10.7 Å². The van der Waals surface area contributed by atoms with Crippen molar-refractivity contribution in [3.05, 3.63) is 58.1 Å². The van der Waals surface area contributed by atoms with Crippen LogP contribution >= 0.6 is 15.9 Å². The first-order valence-electron chi connectivity index (χ1n) is 9.70. The van der Waals surface area contributed by atoms with Crippen LogP contribution in [-0.4, -0.2) is 30.7 Å². The molecule has 0 radical (unpaired) electrons. The van der Waals surface area contributed by atoms with Gasteiger partial charge in [-0.3, -0.25) is 9.59 Å². The fraction of sp³-hybridized carbons (Fsp3) is 0.318. The number of carbonyl (C=O) groups is 2. The molecule has 0 aliphatic rings. The van der Waals surface area contributed by atoms with Gasteiger partial charge in [0.2, 0.25) is 0 Å². The zero-order valence-electron chi connectivity index (χ0n) is 17.3. The van der Waals surface area contributed by atoms with Crippen molar-refractivity contribution in [1.29, 1.82) is 0 Å². The monoisotopic (exact) mass is 475 g/mol. The zero-order chi connectivity index (χ0) is 21.9. The summed E-state index contributed by atoms with van der Waals surface area (Å²) in [5.74, 6) is -0.354. The molecular weight excluding hydrogens is 450 g/mol. The smallest absolute Gasteiger partial charge is 0.329 e. The minimum atomic E-state index is -0.814. The zero-order valence-corrected chi connectivity index (χ0v) is 18.9. The summed E-state index contributed by atoms with van der Waals surface area (Å²) in [4.78, 5) is 23.5. The lowest BCUT2D eigenvalue weighted by Crippen LogP contribution is -2.41. The van der Waals surface area contributed by atoms with E-state index in [-0.39, 0.29) is 6.04 Å². The summed E-state index contributed by atoms with van der Waals surface area (Å²) in [6, 6.07) is 13.1. The molecule has 2 aromatic carbocycles. The van der Waals surface area contributed by atoms with Crippen molar-refractivity contribution in [2.24, 2.45) is 5.10 Å². The number of hydrogen-bond donors (Lipinski definition) is 2. The third-order valence-electron chi connectivity index (χ3n) is 4.15. The number of nitrogens with one attached hydrogen (secondary N) is 2. The van der Waals surface area contributed by atoms with Crippen LogP contribution in [-0.2, 0) is 16.2 Å². The summed E-state index contributed by atoms with van der Waals surface area (Å²) < 4.78 is 12.6. The van der Waals surface area contributed by atoms with Gasteiger partial charge in [-0.1, -0.05) is 35.0 Å². The number of benzene rings is 2. The number of hydrogen-bond acceptors (Lipinski definition) is 5. The first-order chi connectivity index (χ1) is 14.4. The molecule has 0 aliphatic carbocycles. The van der Waals surface area contributed by atoms with Crippen molar-refractivity contribution in [2.75, 3.05) is 6.61 Å². The Morgan fingerprint density at radius 2 is 1.80 bits per heavy atom. The minimum absolute atomic E-state index is 0.0778. The second kappa shape index (κ2) is 12.0. The molecular formula is C22H26BrN3O4. The highest BCUT2D eigenvalue weighted by atomic mass is 79.9. The van der Waals surface area contributed by atoms with Gasteiger partial charge in [0.25, 0.3) is 0 Å². The number of ether oxygens (including phenoxy) is 2. The van der Waals surface area contributed by atoms with Crippen LogP contribution in [0.2, 0.25) is 0 Å². The first kappa shape index (κ1) is 23.4. The third-order valence-corrected chi connectivity index (χ3v) is 4.68. The topological polar surface area (TPSA) is 89.0 Å². The molecule has 2 rings (SSSR count). The SMILES string of the molecule is CCOc1cc(/C=N\NC(=O)C(=O)N[C@@H](C)CC)ccc1OCc1ccc(Br)cc1. The molecule has 2 N–H and O–H groups in total. The maximum absolute atomic E-state index is 11.8. The van der Waals surface area contributed by atoms with E-state index in [1.807, 2.05) is 45.0 Å². The van der Waals surface area contributed by atoms with Crippen molar-refractivity contribution >= 4 is 34.0 Å². The van der Waals surface area contributed by atoms with Crippen LogP contribution in [0.5, 0.6) is 11.5 Å². The van der Waals surface area contributed by atoms with E-state index in [2.05, 4.69) is 31.8 Å². The lowest BCUT2D eigenvalue weighted by Gasteiger charge is -2.13. The number of halogens is 1. The van der Waals surface area contributed by atoms with Gasteiger partial charge in [0.15, 0.2) is 11.5 Å². The van der Waals surface area contributed by atoms with Crippen molar-refractivity contribution < 1.29 is 19.1 Å². The maximum Gasteiger partial charge on any atom is 0.329 e. The van der Waals surface area contributed by atoms with Gasteiger partial charge in [0, 0.05) is 10.5 Å². The number of nitrogens with zero attached hydrogens (tertiary/aromatic N) is 1. The summed E-state index contributed by atoms with van der Waals surface area (Å²) in [6.07, 6.45) is 2.17. The Morgan fingerprint density at radius 1 is 1.07 bits per heavy atom.